The van der Waals surface area contributed by atoms with E-state index in [2.05, 4.69) is 4.98 Å². The Hall–Kier alpha value is -2.70. The maximum atomic E-state index is 13.5. The molecule has 1 saturated heterocycles. The number of amides is 1. The summed E-state index contributed by atoms with van der Waals surface area (Å²) in [6.07, 6.45) is -10.1. The highest BCUT2D eigenvalue weighted by Crippen LogP contribution is 2.38. The average Bonchev–Trinajstić information content (AvgIpc) is 3.22. The van der Waals surface area contributed by atoms with E-state index in [1.54, 1.807) is 0 Å². The summed E-state index contributed by atoms with van der Waals surface area (Å²) < 4.78 is 86.6. The molecular formula is C24H23F6N3O2S. The van der Waals surface area contributed by atoms with E-state index in [1.165, 1.54) is 16.2 Å². The van der Waals surface area contributed by atoms with E-state index in [1.807, 2.05) is 30.9 Å². The molecule has 12 heteroatoms. The Morgan fingerprint density at radius 1 is 1.00 bits per heavy atom. The Balaban J connectivity index is 1.77. The zero-order valence-electron chi connectivity index (χ0n) is 19.5. The van der Waals surface area contributed by atoms with Gasteiger partial charge < -0.3 is 4.74 Å². The van der Waals surface area contributed by atoms with Gasteiger partial charge in [0.05, 0.1) is 34.6 Å². The van der Waals surface area contributed by atoms with Crippen LogP contribution < -0.4 is 4.90 Å². The van der Waals surface area contributed by atoms with Gasteiger partial charge in [-0.05, 0) is 49.2 Å². The molecule has 0 N–H and O–H groups in total. The third-order valence-corrected chi connectivity index (χ3v) is 7.09. The smallest absolute Gasteiger partial charge is 0.379 e. The first kappa shape index (κ1) is 26.4. The number of morpholine rings is 1. The van der Waals surface area contributed by atoms with Gasteiger partial charge in [0.25, 0.3) is 5.91 Å². The summed E-state index contributed by atoms with van der Waals surface area (Å²) in [6, 6.07) is 4.69. The van der Waals surface area contributed by atoms with Crippen molar-refractivity contribution < 1.29 is 35.9 Å². The number of anilines is 1. The SMILES string of the molecule is Cc1cc(C)c2sc(N(CCN3CCOCC3)C(=O)c3cc(C(F)(F)F)cc(C(F)(F)F)c3)nc2c1. The summed E-state index contributed by atoms with van der Waals surface area (Å²) in [4.78, 5) is 21.2. The lowest BCUT2D eigenvalue weighted by molar-refractivity contribution is -0.143. The van der Waals surface area contributed by atoms with Crippen molar-refractivity contribution in [1.29, 1.82) is 0 Å². The van der Waals surface area contributed by atoms with Crippen LogP contribution in [0.5, 0.6) is 0 Å². The quantitative estimate of drug-likeness (QED) is 0.383. The van der Waals surface area contributed by atoms with Crippen molar-refractivity contribution in [3.05, 3.63) is 58.1 Å². The fourth-order valence-electron chi connectivity index (χ4n) is 4.06. The second kappa shape index (κ2) is 9.98. The zero-order chi connectivity index (χ0) is 26.3. The van der Waals surface area contributed by atoms with Gasteiger partial charge in [0.2, 0.25) is 0 Å². The van der Waals surface area contributed by atoms with Gasteiger partial charge in [0.15, 0.2) is 5.13 Å². The van der Waals surface area contributed by atoms with Crippen molar-refractivity contribution >= 4 is 32.6 Å². The molecule has 0 aliphatic carbocycles. The molecule has 1 aliphatic rings. The van der Waals surface area contributed by atoms with Crippen LogP contribution in [0.2, 0.25) is 0 Å². The molecule has 0 spiro atoms. The Morgan fingerprint density at radius 2 is 1.61 bits per heavy atom. The molecule has 0 saturated carbocycles. The van der Waals surface area contributed by atoms with Gasteiger partial charge in [-0.1, -0.05) is 17.4 Å². The molecule has 194 valence electrons. The number of thiazole rings is 1. The van der Waals surface area contributed by atoms with Crippen molar-refractivity contribution in [1.82, 2.24) is 9.88 Å². The maximum Gasteiger partial charge on any atom is 0.416 e. The van der Waals surface area contributed by atoms with Crippen molar-refractivity contribution in [2.45, 2.75) is 26.2 Å². The highest BCUT2D eigenvalue weighted by Gasteiger charge is 2.38. The Kier molecular flexibility index (Phi) is 7.31. The number of carbonyl (C=O) groups is 1. The minimum atomic E-state index is -5.06. The molecule has 4 rings (SSSR count). The first-order valence-electron chi connectivity index (χ1n) is 11.1. The van der Waals surface area contributed by atoms with Crippen LogP contribution in [0.25, 0.3) is 10.2 Å². The van der Waals surface area contributed by atoms with Crippen molar-refractivity contribution in [3.63, 3.8) is 0 Å². The topological polar surface area (TPSA) is 45.7 Å². The van der Waals surface area contributed by atoms with Crippen molar-refractivity contribution in [3.8, 4) is 0 Å². The molecule has 36 heavy (non-hydrogen) atoms. The molecule has 1 aromatic heterocycles. The number of benzene rings is 2. The largest absolute Gasteiger partial charge is 0.416 e. The molecule has 1 fully saturated rings. The predicted octanol–water partition coefficient (Wildman–Crippen LogP) is 5.93. The fraction of sp³-hybridized carbons (Fsp3) is 0.417. The van der Waals surface area contributed by atoms with Gasteiger partial charge in [-0.25, -0.2) is 4.98 Å². The van der Waals surface area contributed by atoms with Crippen LogP contribution in [0.15, 0.2) is 30.3 Å². The van der Waals surface area contributed by atoms with Crippen LogP contribution in [0.4, 0.5) is 31.5 Å². The van der Waals surface area contributed by atoms with Crippen LogP contribution >= 0.6 is 11.3 Å². The summed E-state index contributed by atoms with van der Waals surface area (Å²) in [5.74, 6) is -0.978. The molecule has 1 amide bonds. The second-order valence-electron chi connectivity index (χ2n) is 8.63. The van der Waals surface area contributed by atoms with Crippen LogP contribution in [-0.2, 0) is 17.1 Å². The number of alkyl halides is 6. The molecular weight excluding hydrogens is 508 g/mol. The molecule has 0 atom stereocenters. The van der Waals surface area contributed by atoms with Gasteiger partial charge in [-0.15, -0.1) is 0 Å². The highest BCUT2D eigenvalue weighted by atomic mass is 32.1. The Labute approximate surface area is 207 Å². The standard InChI is InChI=1S/C24H23F6N3O2S/c1-14-9-15(2)20-19(10-14)31-22(36-20)33(4-3-32-5-7-35-8-6-32)21(34)16-11-17(23(25,26)27)13-18(12-16)24(28,29)30/h9-13H,3-8H2,1-2H3. The number of aromatic nitrogens is 1. The van der Waals surface area contributed by atoms with E-state index in [0.717, 1.165) is 15.8 Å². The van der Waals surface area contributed by atoms with Gasteiger partial charge in [0, 0.05) is 31.7 Å². The summed E-state index contributed by atoms with van der Waals surface area (Å²) in [5.41, 5.74) is -1.32. The van der Waals surface area contributed by atoms with Crippen molar-refractivity contribution in [2.75, 3.05) is 44.3 Å². The number of aryl methyl sites for hydroxylation is 2. The Morgan fingerprint density at radius 3 is 2.19 bits per heavy atom. The lowest BCUT2D eigenvalue weighted by Crippen LogP contribution is -2.43. The predicted molar refractivity (Wildman–Crippen MR) is 124 cm³/mol. The van der Waals surface area contributed by atoms with Gasteiger partial charge in [-0.3, -0.25) is 14.6 Å². The Bertz CT molecular complexity index is 1230. The van der Waals surface area contributed by atoms with Crippen LogP contribution in [-0.4, -0.2) is 55.2 Å². The summed E-state index contributed by atoms with van der Waals surface area (Å²) in [6.45, 7) is 6.34. The monoisotopic (exact) mass is 531 g/mol. The summed E-state index contributed by atoms with van der Waals surface area (Å²) >= 11 is 1.18. The number of ether oxygens (including phenoxy) is 1. The summed E-state index contributed by atoms with van der Waals surface area (Å²) in [5, 5.41) is 0.211. The third kappa shape index (κ3) is 5.81. The van der Waals surface area contributed by atoms with Gasteiger partial charge in [0.1, 0.15) is 0 Å². The zero-order valence-corrected chi connectivity index (χ0v) is 20.3. The number of nitrogens with zero attached hydrogens (tertiary/aromatic N) is 3. The van der Waals surface area contributed by atoms with E-state index < -0.39 is 35.0 Å². The first-order chi connectivity index (χ1) is 16.8. The number of fused-ring (bicyclic) bond motifs is 1. The molecule has 0 unspecified atom stereocenters. The third-order valence-electron chi connectivity index (χ3n) is 5.86. The maximum absolute atomic E-state index is 13.5. The van der Waals surface area contributed by atoms with E-state index >= 15 is 0 Å². The minimum absolute atomic E-state index is 0.0126. The number of hydrogen-bond donors (Lipinski definition) is 0. The van der Waals surface area contributed by atoms with Crippen LogP contribution in [0.3, 0.4) is 0 Å². The van der Waals surface area contributed by atoms with E-state index in [-0.39, 0.29) is 17.7 Å². The normalized spacial score (nSPS) is 15.4. The number of hydrogen-bond acceptors (Lipinski definition) is 5. The molecule has 5 nitrogen and oxygen atoms in total. The fourth-order valence-corrected chi connectivity index (χ4v) is 5.10. The first-order valence-corrected chi connectivity index (χ1v) is 11.9. The summed E-state index contributed by atoms with van der Waals surface area (Å²) in [7, 11) is 0. The molecule has 2 heterocycles. The lowest BCUT2D eigenvalue weighted by Gasteiger charge is -2.29. The molecule has 1 aliphatic heterocycles. The molecule has 2 aromatic carbocycles. The van der Waals surface area contributed by atoms with Gasteiger partial charge in [-0.2, -0.15) is 26.3 Å². The van der Waals surface area contributed by atoms with E-state index in [0.29, 0.717) is 50.5 Å². The van der Waals surface area contributed by atoms with Gasteiger partial charge >= 0.3 is 12.4 Å². The number of carbonyl (C=O) groups excluding carboxylic acids is 1. The van der Waals surface area contributed by atoms with Crippen LogP contribution in [0, 0.1) is 13.8 Å². The second-order valence-corrected chi connectivity index (χ2v) is 9.61. The van der Waals surface area contributed by atoms with Crippen molar-refractivity contribution in [2.24, 2.45) is 0 Å². The molecule has 3 aromatic rings. The van der Waals surface area contributed by atoms with E-state index in [4.69, 9.17) is 4.74 Å². The average molecular weight is 532 g/mol. The minimum Gasteiger partial charge on any atom is -0.379 e. The number of halogens is 6. The lowest BCUT2D eigenvalue weighted by atomic mass is 10.0. The van der Waals surface area contributed by atoms with E-state index in [9.17, 15) is 31.1 Å². The highest BCUT2D eigenvalue weighted by molar-refractivity contribution is 7.22. The molecule has 0 radical (unpaired) electrons. The number of rotatable bonds is 5. The van der Waals surface area contributed by atoms with Crippen LogP contribution in [0.1, 0.15) is 32.6 Å². The molecule has 0 bridgehead atoms.